The highest BCUT2D eigenvalue weighted by Gasteiger charge is 1.72. The van der Waals surface area contributed by atoms with Gasteiger partial charge in [-0.25, -0.2) is 0 Å². The van der Waals surface area contributed by atoms with Gasteiger partial charge in [0.15, 0.2) is 0 Å². The molecule has 0 radical (unpaired) electrons. The molecule has 0 atom stereocenters. The molecule has 0 aliphatic heterocycles. The Bertz CT molecular complexity index is 47.6. The molecule has 0 aliphatic rings. The third kappa shape index (κ3) is 3.40. The first-order chi connectivity index (χ1) is 2.27. The summed E-state index contributed by atoms with van der Waals surface area (Å²) in [7, 11) is 0. The lowest BCUT2D eigenvalue weighted by Gasteiger charge is -1.67. The van der Waals surface area contributed by atoms with Crippen LogP contribution in [0.5, 0.6) is 0 Å². The molecule has 0 aliphatic carbocycles. The van der Waals surface area contributed by atoms with Crippen molar-refractivity contribution >= 4 is 5.97 Å². The number of halogens is 1. The summed E-state index contributed by atoms with van der Waals surface area (Å²) in [6.07, 6.45) is 0. The second-order valence-corrected chi connectivity index (χ2v) is 0.597. The summed E-state index contributed by atoms with van der Waals surface area (Å²) in [5.41, 5.74) is 0. The first kappa shape index (κ1) is 4.40. The van der Waals surface area contributed by atoms with E-state index in [9.17, 15) is 4.39 Å². The Morgan fingerprint density at radius 2 is 2.20 bits per heavy atom. The van der Waals surface area contributed by atoms with Gasteiger partial charge in [0.1, 0.15) is 0 Å². The van der Waals surface area contributed by atoms with E-state index in [0.29, 0.717) is 0 Å². The Morgan fingerprint density at radius 1 is 2.00 bits per heavy atom. The van der Waals surface area contributed by atoms with Crippen molar-refractivity contribution in [2.24, 2.45) is 5.16 Å². The Kier molecular flexibility index (Phi) is 1.49. The van der Waals surface area contributed by atoms with Gasteiger partial charge in [0.2, 0.25) is 5.97 Å². The third-order valence-electron chi connectivity index (χ3n) is 0.138. The minimum Gasteiger partial charge on any atom is -0.409 e. The molecule has 0 unspecified atom stereocenters. The lowest BCUT2D eigenvalue weighted by molar-refractivity contribution is 0.311. The van der Waals surface area contributed by atoms with Gasteiger partial charge in [-0.2, -0.15) is 4.39 Å². The maximum Gasteiger partial charge on any atom is 0.223 e. The number of nitrogens with zero attached hydrogens (tertiary/aromatic N) is 1. The van der Waals surface area contributed by atoms with Crippen LogP contribution in [-0.2, 0) is 0 Å². The molecule has 0 rings (SSSR count). The van der Waals surface area contributed by atoms with E-state index in [1.807, 2.05) is 0 Å². The van der Waals surface area contributed by atoms with E-state index in [-0.39, 0.29) is 0 Å². The molecule has 0 aromatic carbocycles. The Balaban J connectivity index is 3.14. The topological polar surface area (TPSA) is 32.6 Å². The zero-order chi connectivity index (χ0) is 4.28. The molecule has 0 aromatic heterocycles. The van der Waals surface area contributed by atoms with Gasteiger partial charge in [-0.1, -0.05) is 5.16 Å². The lowest BCUT2D eigenvalue weighted by Crippen LogP contribution is -1.71. The number of hydrogen-bond donors (Lipinski definition) is 1. The number of hydrogen-bond acceptors (Lipinski definition) is 2. The van der Waals surface area contributed by atoms with Crippen LogP contribution in [0.15, 0.2) is 5.16 Å². The van der Waals surface area contributed by atoms with Gasteiger partial charge >= 0.3 is 0 Å². The molecule has 1 N–H and O–H groups in total. The van der Waals surface area contributed by atoms with Gasteiger partial charge in [0.25, 0.3) is 0 Å². The molecule has 0 fully saturated rings. The standard InChI is InChI=1S/C2H4FNO/c1-2(3)4-5/h5H,1H3/b4-2+. The van der Waals surface area contributed by atoms with Crippen molar-refractivity contribution in [2.45, 2.75) is 6.92 Å². The van der Waals surface area contributed by atoms with Crippen molar-refractivity contribution in [3.05, 3.63) is 0 Å². The van der Waals surface area contributed by atoms with Crippen molar-refractivity contribution in [2.75, 3.05) is 0 Å². The number of rotatable bonds is 0. The Labute approximate surface area is 28.9 Å². The van der Waals surface area contributed by atoms with Crippen molar-refractivity contribution < 1.29 is 9.60 Å². The van der Waals surface area contributed by atoms with E-state index in [2.05, 4.69) is 5.16 Å². The highest BCUT2D eigenvalue weighted by Crippen LogP contribution is 1.68. The summed E-state index contributed by atoms with van der Waals surface area (Å²) in [6.45, 7) is 1.06. The van der Waals surface area contributed by atoms with E-state index in [1.54, 1.807) is 0 Å². The second kappa shape index (κ2) is 1.69. The van der Waals surface area contributed by atoms with E-state index >= 15 is 0 Å². The fraction of sp³-hybridized carbons (Fsp3) is 0.500. The number of oxime groups is 1. The van der Waals surface area contributed by atoms with Crippen LogP contribution in [0.3, 0.4) is 0 Å². The monoisotopic (exact) mass is 77.0 g/mol. The summed E-state index contributed by atoms with van der Waals surface area (Å²) < 4.78 is 10.9. The van der Waals surface area contributed by atoms with Crippen LogP contribution in [0.25, 0.3) is 0 Å². The van der Waals surface area contributed by atoms with Gasteiger partial charge < -0.3 is 5.21 Å². The first-order valence-electron chi connectivity index (χ1n) is 1.11. The smallest absolute Gasteiger partial charge is 0.223 e. The lowest BCUT2D eigenvalue weighted by atomic mass is 10.9. The zero-order valence-corrected chi connectivity index (χ0v) is 2.77. The van der Waals surface area contributed by atoms with Crippen LogP contribution >= 0.6 is 0 Å². The average Bonchev–Trinajstić information content (AvgIpc) is 1.38. The second-order valence-electron chi connectivity index (χ2n) is 0.597. The van der Waals surface area contributed by atoms with Crippen LogP contribution in [0.1, 0.15) is 6.92 Å². The Morgan fingerprint density at radius 3 is 2.20 bits per heavy atom. The van der Waals surface area contributed by atoms with Gasteiger partial charge in [-0.3, -0.25) is 0 Å². The maximum atomic E-state index is 10.9. The molecule has 0 amide bonds. The fourth-order valence-electron chi connectivity index (χ4n) is 0. The summed E-state index contributed by atoms with van der Waals surface area (Å²) >= 11 is 0. The summed E-state index contributed by atoms with van der Waals surface area (Å²) in [6, 6.07) is 0. The molecule has 3 heteroatoms. The third-order valence-corrected chi connectivity index (χ3v) is 0.138. The normalized spacial score (nSPS) is 12.0. The van der Waals surface area contributed by atoms with Crippen LogP contribution in [0.4, 0.5) is 4.39 Å². The molecule has 5 heavy (non-hydrogen) atoms. The fourth-order valence-corrected chi connectivity index (χ4v) is 0. The predicted octanol–water partition coefficient (Wildman–Crippen LogP) is 0.764. The zero-order valence-electron chi connectivity index (χ0n) is 2.77. The van der Waals surface area contributed by atoms with Gasteiger partial charge in [-0.15, -0.1) is 0 Å². The van der Waals surface area contributed by atoms with Crippen molar-refractivity contribution in [1.82, 2.24) is 0 Å². The quantitative estimate of drug-likeness (QED) is 0.258. The highest BCUT2D eigenvalue weighted by atomic mass is 19.1. The molecule has 0 saturated heterocycles. The van der Waals surface area contributed by atoms with E-state index in [0.717, 1.165) is 6.92 Å². The summed E-state index contributed by atoms with van der Waals surface area (Å²) in [5, 5.41) is 9.50. The summed E-state index contributed by atoms with van der Waals surface area (Å²) in [4.78, 5) is 0. The summed E-state index contributed by atoms with van der Waals surface area (Å²) in [5.74, 6) is -0.815. The molecule has 30 valence electrons. The van der Waals surface area contributed by atoms with Crippen LogP contribution in [0.2, 0.25) is 0 Å². The van der Waals surface area contributed by atoms with Crippen molar-refractivity contribution in [3.8, 4) is 0 Å². The van der Waals surface area contributed by atoms with Crippen molar-refractivity contribution in [1.29, 1.82) is 0 Å². The van der Waals surface area contributed by atoms with Crippen LogP contribution in [0, 0.1) is 0 Å². The SMILES string of the molecule is C/C(F)=N\O. The van der Waals surface area contributed by atoms with Crippen LogP contribution < -0.4 is 0 Å². The van der Waals surface area contributed by atoms with Crippen molar-refractivity contribution in [3.63, 3.8) is 0 Å². The molecule has 0 aromatic rings. The van der Waals surface area contributed by atoms with E-state index in [1.165, 1.54) is 0 Å². The molecule has 2 nitrogen and oxygen atoms in total. The van der Waals surface area contributed by atoms with Gasteiger partial charge in [0.05, 0.1) is 0 Å². The van der Waals surface area contributed by atoms with Gasteiger partial charge in [-0.05, 0) is 0 Å². The predicted molar refractivity (Wildman–Crippen MR) is 16.0 cm³/mol. The van der Waals surface area contributed by atoms with Crippen LogP contribution in [-0.4, -0.2) is 11.2 Å². The highest BCUT2D eigenvalue weighted by molar-refractivity contribution is 5.70. The molecule has 0 bridgehead atoms. The minimum absolute atomic E-state index is 0.815. The molecular weight excluding hydrogens is 73.0 g/mol. The molecule has 0 heterocycles. The maximum absolute atomic E-state index is 10.9. The van der Waals surface area contributed by atoms with E-state index in [4.69, 9.17) is 5.21 Å². The molecule has 0 spiro atoms. The largest absolute Gasteiger partial charge is 0.409 e. The minimum atomic E-state index is -0.815. The molecular formula is C2H4FNO. The van der Waals surface area contributed by atoms with E-state index < -0.39 is 5.97 Å². The Hall–Kier alpha value is -0.600. The molecule has 0 saturated carbocycles. The first-order valence-corrected chi connectivity index (χ1v) is 1.11. The van der Waals surface area contributed by atoms with Gasteiger partial charge in [0, 0.05) is 6.92 Å². The average molecular weight is 77.1 g/mol.